The van der Waals surface area contributed by atoms with E-state index in [1.165, 1.54) is 0 Å². The number of rotatable bonds is 7. The summed E-state index contributed by atoms with van der Waals surface area (Å²) >= 11 is 0. The Bertz CT molecular complexity index is 557. The highest BCUT2D eigenvalue weighted by molar-refractivity contribution is 5.80. The number of nitrogens with one attached hydrogen (secondary N) is 1. The zero-order valence-corrected chi connectivity index (χ0v) is 13.0. The minimum Gasteiger partial charge on any atom is -0.353 e. The normalized spacial score (nSPS) is 12.6. The summed E-state index contributed by atoms with van der Waals surface area (Å²) in [4.78, 5) is 16.6. The molecule has 2 aromatic heterocycles. The lowest BCUT2D eigenvalue weighted by molar-refractivity contribution is -0.124. The molecule has 2 rings (SSSR count). The van der Waals surface area contributed by atoms with Crippen molar-refractivity contribution in [2.24, 2.45) is 5.92 Å². The maximum Gasteiger partial charge on any atom is 0.243 e. The van der Waals surface area contributed by atoms with Crippen LogP contribution in [0, 0.1) is 12.8 Å². The number of carbonyl (C=O) groups excluding carboxylic acids is 1. The fourth-order valence-electron chi connectivity index (χ4n) is 2.42. The number of nitrogens with zero attached hydrogens (tertiary/aromatic N) is 3. The van der Waals surface area contributed by atoms with Gasteiger partial charge in [0.15, 0.2) is 0 Å². The van der Waals surface area contributed by atoms with Crippen molar-refractivity contribution in [1.82, 2.24) is 19.4 Å². The van der Waals surface area contributed by atoms with Crippen LogP contribution in [0.15, 0.2) is 36.9 Å². The number of imidazole rings is 1. The summed E-state index contributed by atoms with van der Waals surface area (Å²) in [7, 11) is 0. The minimum atomic E-state index is -0.135. The van der Waals surface area contributed by atoms with Crippen molar-refractivity contribution < 1.29 is 4.79 Å². The molecule has 0 unspecified atom stereocenters. The molecule has 2 aromatic rings. The second kappa shape index (κ2) is 7.11. The maximum atomic E-state index is 12.4. The first-order valence-electron chi connectivity index (χ1n) is 7.46. The Kier molecular flexibility index (Phi) is 5.20. The van der Waals surface area contributed by atoms with Crippen LogP contribution in [0.4, 0.5) is 0 Å². The molecule has 5 nitrogen and oxygen atoms in total. The molecular weight excluding hydrogens is 264 g/mol. The summed E-state index contributed by atoms with van der Waals surface area (Å²) in [6, 6.07) is 3.77. The van der Waals surface area contributed by atoms with Gasteiger partial charge in [-0.2, -0.15) is 0 Å². The van der Waals surface area contributed by atoms with E-state index in [2.05, 4.69) is 24.1 Å². The Morgan fingerprint density at radius 3 is 2.57 bits per heavy atom. The largest absolute Gasteiger partial charge is 0.353 e. The summed E-state index contributed by atoms with van der Waals surface area (Å²) < 4.78 is 4.02. The van der Waals surface area contributed by atoms with Crippen LogP contribution in [-0.4, -0.2) is 26.6 Å². The molecule has 0 aliphatic carbocycles. The van der Waals surface area contributed by atoms with Gasteiger partial charge in [0, 0.05) is 37.9 Å². The second-order valence-corrected chi connectivity index (χ2v) is 5.73. The highest BCUT2D eigenvalue weighted by atomic mass is 16.2. The molecule has 0 aliphatic heterocycles. The van der Waals surface area contributed by atoms with Gasteiger partial charge in [-0.1, -0.05) is 13.8 Å². The monoisotopic (exact) mass is 288 g/mol. The summed E-state index contributed by atoms with van der Waals surface area (Å²) in [6.07, 6.45) is 8.45. The Morgan fingerprint density at radius 2 is 2.00 bits per heavy atom. The third kappa shape index (κ3) is 4.21. The summed E-state index contributed by atoms with van der Waals surface area (Å²) in [5.41, 5.74) is 0. The van der Waals surface area contributed by atoms with Gasteiger partial charge in [0.2, 0.25) is 5.91 Å². The van der Waals surface area contributed by atoms with Gasteiger partial charge in [-0.05, 0) is 31.4 Å². The van der Waals surface area contributed by atoms with Gasteiger partial charge in [-0.15, -0.1) is 0 Å². The Balaban J connectivity index is 1.91. The maximum absolute atomic E-state index is 12.4. The molecule has 5 heteroatoms. The van der Waals surface area contributed by atoms with Crippen LogP contribution < -0.4 is 5.32 Å². The zero-order chi connectivity index (χ0) is 15.2. The van der Waals surface area contributed by atoms with Gasteiger partial charge in [0.1, 0.15) is 11.9 Å². The first-order chi connectivity index (χ1) is 10.1. The van der Waals surface area contributed by atoms with Gasteiger partial charge in [-0.3, -0.25) is 4.79 Å². The standard InChI is InChI=1S/C16H24N4O/c1-13(2)12-15(20-8-4-5-9-20)16(21)18-7-11-19-10-6-17-14(19)3/h4-6,8-10,13,15H,7,11-12H2,1-3H3,(H,18,21)/t15-/m1/s1. The molecule has 0 radical (unpaired) electrons. The van der Waals surface area contributed by atoms with E-state index in [1.54, 1.807) is 6.20 Å². The molecule has 0 aliphatic rings. The molecule has 1 N–H and O–H groups in total. The number of aromatic nitrogens is 3. The second-order valence-electron chi connectivity index (χ2n) is 5.73. The Hall–Kier alpha value is -2.04. The molecule has 0 aromatic carbocycles. The first kappa shape index (κ1) is 15.4. The number of carbonyl (C=O) groups is 1. The van der Waals surface area contributed by atoms with Gasteiger partial charge >= 0.3 is 0 Å². The van der Waals surface area contributed by atoms with E-state index in [0.29, 0.717) is 12.5 Å². The van der Waals surface area contributed by atoms with E-state index in [4.69, 9.17) is 0 Å². The van der Waals surface area contributed by atoms with Crippen molar-refractivity contribution in [3.63, 3.8) is 0 Å². The van der Waals surface area contributed by atoms with Crippen molar-refractivity contribution >= 4 is 5.91 Å². The predicted octanol–water partition coefficient (Wildman–Crippen LogP) is 2.40. The van der Waals surface area contributed by atoms with E-state index < -0.39 is 0 Å². The molecule has 0 saturated carbocycles. The molecule has 0 fully saturated rings. The van der Waals surface area contributed by atoms with Crippen molar-refractivity contribution in [2.45, 2.75) is 39.8 Å². The van der Waals surface area contributed by atoms with Gasteiger partial charge in [-0.25, -0.2) is 4.98 Å². The lowest BCUT2D eigenvalue weighted by atomic mass is 10.0. The molecule has 0 saturated heterocycles. The third-order valence-corrected chi connectivity index (χ3v) is 3.56. The third-order valence-electron chi connectivity index (χ3n) is 3.56. The van der Waals surface area contributed by atoms with Gasteiger partial charge in [0.05, 0.1) is 0 Å². The molecule has 2 heterocycles. The van der Waals surface area contributed by atoms with Crippen molar-refractivity contribution in [2.75, 3.05) is 6.54 Å². The lowest BCUT2D eigenvalue weighted by Crippen LogP contribution is -2.35. The smallest absolute Gasteiger partial charge is 0.243 e. The fourth-order valence-corrected chi connectivity index (χ4v) is 2.42. The fraction of sp³-hybridized carbons (Fsp3) is 0.500. The van der Waals surface area contributed by atoms with Crippen LogP contribution >= 0.6 is 0 Å². The van der Waals surface area contributed by atoms with Gasteiger partial charge < -0.3 is 14.5 Å². The topological polar surface area (TPSA) is 51.9 Å². The Morgan fingerprint density at radius 1 is 1.29 bits per heavy atom. The predicted molar refractivity (Wildman–Crippen MR) is 82.9 cm³/mol. The highest BCUT2D eigenvalue weighted by Gasteiger charge is 2.20. The number of amides is 1. The van der Waals surface area contributed by atoms with Crippen LogP contribution in [0.25, 0.3) is 0 Å². The van der Waals surface area contributed by atoms with E-state index >= 15 is 0 Å². The quantitative estimate of drug-likeness (QED) is 0.850. The van der Waals surface area contributed by atoms with E-state index in [0.717, 1.165) is 18.8 Å². The summed E-state index contributed by atoms with van der Waals surface area (Å²) in [5.74, 6) is 1.52. The molecule has 0 spiro atoms. The number of aryl methyl sites for hydroxylation is 1. The van der Waals surface area contributed by atoms with E-state index in [1.807, 2.05) is 46.8 Å². The number of hydrogen-bond acceptors (Lipinski definition) is 2. The molecular formula is C16H24N4O. The van der Waals surface area contributed by atoms with Crippen LogP contribution in [0.1, 0.15) is 32.1 Å². The van der Waals surface area contributed by atoms with Gasteiger partial charge in [0.25, 0.3) is 0 Å². The van der Waals surface area contributed by atoms with E-state index in [9.17, 15) is 4.79 Å². The average molecular weight is 288 g/mol. The number of hydrogen-bond donors (Lipinski definition) is 1. The molecule has 1 amide bonds. The van der Waals surface area contributed by atoms with E-state index in [-0.39, 0.29) is 11.9 Å². The van der Waals surface area contributed by atoms with Crippen LogP contribution in [0.3, 0.4) is 0 Å². The molecule has 114 valence electrons. The van der Waals surface area contributed by atoms with Crippen LogP contribution in [0.2, 0.25) is 0 Å². The lowest BCUT2D eigenvalue weighted by Gasteiger charge is -2.20. The molecule has 21 heavy (non-hydrogen) atoms. The van der Waals surface area contributed by atoms with Crippen molar-refractivity contribution in [1.29, 1.82) is 0 Å². The minimum absolute atomic E-state index is 0.0812. The SMILES string of the molecule is Cc1nccn1CCNC(=O)[C@@H](CC(C)C)n1cccc1. The van der Waals surface area contributed by atoms with Crippen LogP contribution in [0.5, 0.6) is 0 Å². The Labute approximate surface area is 126 Å². The van der Waals surface area contributed by atoms with Crippen LogP contribution in [-0.2, 0) is 11.3 Å². The highest BCUT2D eigenvalue weighted by Crippen LogP contribution is 2.18. The first-order valence-corrected chi connectivity index (χ1v) is 7.46. The molecule has 1 atom stereocenters. The zero-order valence-electron chi connectivity index (χ0n) is 13.0. The summed E-state index contributed by atoms with van der Waals surface area (Å²) in [5, 5.41) is 3.03. The molecule has 0 bridgehead atoms. The van der Waals surface area contributed by atoms with Crippen molar-refractivity contribution in [3.8, 4) is 0 Å². The average Bonchev–Trinajstić information content (AvgIpc) is 3.08. The van der Waals surface area contributed by atoms with Crippen molar-refractivity contribution in [3.05, 3.63) is 42.7 Å². The summed E-state index contributed by atoms with van der Waals surface area (Å²) in [6.45, 7) is 7.60.